The first-order chi connectivity index (χ1) is 12.4. The molecule has 0 amide bonds. The van der Waals surface area contributed by atoms with E-state index < -0.39 is 17.3 Å². The number of nitrogens with zero attached hydrogens (tertiary/aromatic N) is 1. The van der Waals surface area contributed by atoms with Crippen molar-refractivity contribution in [3.05, 3.63) is 71.3 Å². The molecule has 0 aliphatic carbocycles. The smallest absolute Gasteiger partial charge is 0.385 e. The molecule has 0 saturated carbocycles. The van der Waals surface area contributed by atoms with Gasteiger partial charge in [-0.1, -0.05) is 42.5 Å². The molecule has 0 aromatic heterocycles. The molecule has 1 heterocycles. The van der Waals surface area contributed by atoms with Crippen molar-refractivity contribution in [2.45, 2.75) is 37.5 Å². The van der Waals surface area contributed by atoms with Crippen LogP contribution in [0.3, 0.4) is 0 Å². The molecule has 2 nitrogen and oxygen atoms in total. The quantitative estimate of drug-likeness (QED) is 0.838. The Morgan fingerprint density at radius 1 is 0.962 bits per heavy atom. The molecule has 26 heavy (non-hydrogen) atoms. The lowest BCUT2D eigenvalue weighted by Gasteiger charge is -2.38. The van der Waals surface area contributed by atoms with Gasteiger partial charge in [-0.3, -0.25) is 0 Å². The maximum atomic E-state index is 12.9. The Kier molecular flexibility index (Phi) is 5.68. The number of aliphatic hydroxyl groups is 1. The van der Waals surface area contributed by atoms with Gasteiger partial charge in [-0.05, 0) is 55.5 Å². The zero-order chi connectivity index (χ0) is 18.6. The molecule has 0 radical (unpaired) electrons. The molecule has 1 N–H and O–H groups in total. The Labute approximate surface area is 152 Å². The van der Waals surface area contributed by atoms with Crippen LogP contribution >= 0.6 is 0 Å². The maximum Gasteiger partial charge on any atom is 0.416 e. The monoisotopic (exact) mass is 363 g/mol. The zero-order valence-corrected chi connectivity index (χ0v) is 14.7. The van der Waals surface area contributed by atoms with E-state index in [9.17, 15) is 18.3 Å². The number of benzene rings is 2. The standard InChI is InChI=1S/C21H24F3NO/c22-21(23,24)19-10-4-9-18(16-19)20(26)11-14-25(15-12-20)13-5-8-17-6-2-1-3-7-17/h1-4,6-7,9-10,16,26H,5,8,11-15H2. The van der Waals surface area contributed by atoms with Crippen LogP contribution < -0.4 is 0 Å². The van der Waals surface area contributed by atoms with E-state index in [0.29, 0.717) is 31.5 Å². The molecule has 0 bridgehead atoms. The third kappa shape index (κ3) is 4.65. The fraction of sp³-hybridized carbons (Fsp3) is 0.429. The minimum absolute atomic E-state index is 0.372. The molecule has 140 valence electrons. The lowest BCUT2D eigenvalue weighted by molar-refractivity contribution is -0.137. The van der Waals surface area contributed by atoms with Gasteiger partial charge < -0.3 is 10.0 Å². The number of alkyl halides is 3. The lowest BCUT2D eigenvalue weighted by Crippen LogP contribution is -2.43. The van der Waals surface area contributed by atoms with Crippen LogP contribution in [0.4, 0.5) is 13.2 Å². The van der Waals surface area contributed by atoms with E-state index in [0.717, 1.165) is 31.5 Å². The first-order valence-corrected chi connectivity index (χ1v) is 9.03. The molecule has 2 aromatic carbocycles. The first kappa shape index (κ1) is 18.9. The molecule has 0 spiro atoms. The van der Waals surface area contributed by atoms with Gasteiger partial charge in [0, 0.05) is 13.1 Å². The normalized spacial score (nSPS) is 18.0. The van der Waals surface area contributed by atoms with E-state index in [1.165, 1.54) is 11.6 Å². The topological polar surface area (TPSA) is 23.5 Å². The van der Waals surface area contributed by atoms with Crippen LogP contribution in [0.5, 0.6) is 0 Å². The average molecular weight is 363 g/mol. The van der Waals surface area contributed by atoms with Gasteiger partial charge >= 0.3 is 6.18 Å². The Bertz CT molecular complexity index is 707. The van der Waals surface area contributed by atoms with Gasteiger partial charge in [0.15, 0.2) is 0 Å². The second-order valence-corrected chi connectivity index (χ2v) is 7.04. The summed E-state index contributed by atoms with van der Waals surface area (Å²) in [7, 11) is 0. The summed E-state index contributed by atoms with van der Waals surface area (Å²) in [6.45, 7) is 2.33. The summed E-state index contributed by atoms with van der Waals surface area (Å²) in [5, 5.41) is 10.9. The van der Waals surface area contributed by atoms with Crippen LogP contribution in [0.2, 0.25) is 0 Å². The van der Waals surface area contributed by atoms with Gasteiger partial charge in [0.2, 0.25) is 0 Å². The van der Waals surface area contributed by atoms with Crippen LogP contribution in [-0.4, -0.2) is 29.6 Å². The van der Waals surface area contributed by atoms with E-state index in [-0.39, 0.29) is 0 Å². The highest BCUT2D eigenvalue weighted by atomic mass is 19.4. The summed E-state index contributed by atoms with van der Waals surface area (Å²) in [4.78, 5) is 2.28. The van der Waals surface area contributed by atoms with Gasteiger partial charge in [0.25, 0.3) is 0 Å². The van der Waals surface area contributed by atoms with Crippen LogP contribution in [0.1, 0.15) is 36.0 Å². The van der Waals surface area contributed by atoms with E-state index in [2.05, 4.69) is 17.0 Å². The molecule has 5 heteroatoms. The molecule has 1 aliphatic rings. The third-order valence-corrected chi connectivity index (χ3v) is 5.19. The van der Waals surface area contributed by atoms with Gasteiger partial charge in [-0.2, -0.15) is 13.2 Å². The molecule has 1 saturated heterocycles. The minimum Gasteiger partial charge on any atom is -0.385 e. The first-order valence-electron chi connectivity index (χ1n) is 9.03. The maximum absolute atomic E-state index is 12.9. The highest BCUT2D eigenvalue weighted by Gasteiger charge is 2.36. The van der Waals surface area contributed by atoms with Crippen molar-refractivity contribution >= 4 is 0 Å². The largest absolute Gasteiger partial charge is 0.416 e. The average Bonchev–Trinajstić information content (AvgIpc) is 2.64. The molecule has 0 atom stereocenters. The van der Waals surface area contributed by atoms with Gasteiger partial charge in [-0.25, -0.2) is 0 Å². The van der Waals surface area contributed by atoms with E-state index in [1.807, 2.05) is 18.2 Å². The van der Waals surface area contributed by atoms with Crippen LogP contribution in [-0.2, 0) is 18.2 Å². The van der Waals surface area contributed by atoms with Crippen molar-refractivity contribution in [1.29, 1.82) is 0 Å². The number of rotatable bonds is 5. The molecule has 3 rings (SSSR count). The number of hydrogen-bond donors (Lipinski definition) is 1. The summed E-state index contributed by atoms with van der Waals surface area (Å²) in [6.07, 6.45) is -1.43. The molecule has 0 unspecified atom stereocenters. The van der Waals surface area contributed by atoms with Crippen molar-refractivity contribution in [2.75, 3.05) is 19.6 Å². The lowest BCUT2D eigenvalue weighted by atomic mass is 9.83. The SMILES string of the molecule is OC1(c2cccc(C(F)(F)F)c2)CCN(CCCc2ccccc2)CC1. The highest BCUT2D eigenvalue weighted by Crippen LogP contribution is 2.36. The second kappa shape index (κ2) is 7.80. The summed E-state index contributed by atoms with van der Waals surface area (Å²) >= 11 is 0. The predicted molar refractivity (Wildman–Crippen MR) is 95.8 cm³/mol. The summed E-state index contributed by atoms with van der Waals surface area (Å²) in [5.74, 6) is 0. The van der Waals surface area contributed by atoms with Crippen LogP contribution in [0.15, 0.2) is 54.6 Å². The Hall–Kier alpha value is -1.85. The minimum atomic E-state index is -4.38. The van der Waals surface area contributed by atoms with Crippen LogP contribution in [0, 0.1) is 0 Å². The number of hydrogen-bond acceptors (Lipinski definition) is 2. The van der Waals surface area contributed by atoms with Crippen molar-refractivity contribution in [3.8, 4) is 0 Å². The number of halogens is 3. The summed E-state index contributed by atoms with van der Waals surface area (Å²) in [5.41, 5.74) is -0.188. The second-order valence-electron chi connectivity index (χ2n) is 7.04. The van der Waals surface area contributed by atoms with Gasteiger partial charge in [0.1, 0.15) is 0 Å². The van der Waals surface area contributed by atoms with Gasteiger partial charge in [0.05, 0.1) is 11.2 Å². The molecule has 1 aliphatic heterocycles. The Morgan fingerprint density at radius 2 is 1.65 bits per heavy atom. The van der Waals surface area contributed by atoms with Crippen molar-refractivity contribution in [1.82, 2.24) is 4.90 Å². The van der Waals surface area contributed by atoms with E-state index >= 15 is 0 Å². The predicted octanol–water partition coefficient (Wildman–Crippen LogP) is 4.62. The van der Waals surface area contributed by atoms with Crippen molar-refractivity contribution in [2.24, 2.45) is 0 Å². The van der Waals surface area contributed by atoms with Crippen LogP contribution in [0.25, 0.3) is 0 Å². The molecular formula is C21H24F3NO. The van der Waals surface area contributed by atoms with Crippen molar-refractivity contribution < 1.29 is 18.3 Å². The highest BCUT2D eigenvalue weighted by molar-refractivity contribution is 5.30. The number of likely N-dealkylation sites (tertiary alicyclic amines) is 1. The Morgan fingerprint density at radius 3 is 2.31 bits per heavy atom. The van der Waals surface area contributed by atoms with E-state index in [4.69, 9.17) is 0 Å². The summed E-state index contributed by atoms with van der Waals surface area (Å²) in [6, 6.07) is 15.4. The van der Waals surface area contributed by atoms with E-state index in [1.54, 1.807) is 6.07 Å². The molecule has 2 aromatic rings. The summed E-state index contributed by atoms with van der Waals surface area (Å²) < 4.78 is 38.7. The Balaban J connectivity index is 1.54. The fourth-order valence-electron chi connectivity index (χ4n) is 3.57. The molecular weight excluding hydrogens is 339 g/mol. The number of piperidine rings is 1. The molecule has 1 fully saturated rings. The van der Waals surface area contributed by atoms with Crippen molar-refractivity contribution in [3.63, 3.8) is 0 Å². The zero-order valence-electron chi connectivity index (χ0n) is 14.7. The fourth-order valence-corrected chi connectivity index (χ4v) is 3.57. The van der Waals surface area contributed by atoms with Gasteiger partial charge in [-0.15, -0.1) is 0 Å². The number of aryl methyl sites for hydroxylation is 1. The third-order valence-electron chi connectivity index (χ3n) is 5.19.